The third-order valence-corrected chi connectivity index (χ3v) is 4.02. The Bertz CT molecular complexity index is 467. The average molecular weight is 240 g/mol. The van der Waals surface area contributed by atoms with E-state index in [1.54, 1.807) is 18.2 Å². The lowest BCUT2D eigenvalue weighted by molar-refractivity contribution is 0.581. The molecule has 0 heterocycles. The van der Waals surface area contributed by atoms with Crippen LogP contribution in [0.25, 0.3) is 0 Å². The van der Waals surface area contributed by atoms with Crippen LogP contribution in [0, 0.1) is 0 Å². The van der Waals surface area contributed by atoms with Crippen LogP contribution in [-0.4, -0.2) is 21.0 Å². The molecule has 1 aliphatic rings. The Morgan fingerprint density at radius 1 is 1.31 bits per heavy atom. The number of hydrogen-bond donors (Lipinski definition) is 2. The molecule has 2 N–H and O–H groups in total. The Morgan fingerprint density at radius 3 is 2.62 bits per heavy atom. The monoisotopic (exact) mass is 240 g/mol. The fourth-order valence-electron chi connectivity index (χ4n) is 1.52. The van der Waals surface area contributed by atoms with E-state index in [0.717, 1.165) is 12.8 Å². The zero-order chi connectivity index (χ0) is 11.6. The maximum Gasteiger partial charge on any atom is 0.242 e. The second-order valence-corrected chi connectivity index (χ2v) is 5.60. The van der Waals surface area contributed by atoms with Crippen molar-refractivity contribution in [3.63, 3.8) is 0 Å². The van der Waals surface area contributed by atoms with Gasteiger partial charge in [0.2, 0.25) is 10.0 Å². The molecule has 2 rings (SSSR count). The Morgan fingerprint density at radius 2 is 2.00 bits per heavy atom. The minimum atomic E-state index is -3.36. The Balaban J connectivity index is 2.30. The zero-order valence-corrected chi connectivity index (χ0v) is 10.0. The number of hydrogen-bond acceptors (Lipinski definition) is 3. The lowest BCUT2D eigenvalue weighted by Gasteiger charge is -2.11. The SMILES string of the molecule is CCNc1ccccc1S(=O)(=O)NC1CC1. The summed E-state index contributed by atoms with van der Waals surface area (Å²) in [6, 6.07) is 7.11. The molecule has 0 unspecified atom stereocenters. The maximum atomic E-state index is 12.0. The summed E-state index contributed by atoms with van der Waals surface area (Å²) in [6.45, 7) is 2.65. The number of anilines is 1. The van der Waals surface area contributed by atoms with Gasteiger partial charge in [-0.2, -0.15) is 0 Å². The average Bonchev–Trinajstić information content (AvgIpc) is 3.02. The van der Waals surface area contributed by atoms with Crippen LogP contribution in [0.4, 0.5) is 5.69 Å². The second-order valence-electron chi connectivity index (χ2n) is 3.92. The topological polar surface area (TPSA) is 58.2 Å². The molecular formula is C11H16N2O2S. The number of benzene rings is 1. The minimum Gasteiger partial charge on any atom is -0.384 e. The quantitative estimate of drug-likeness (QED) is 0.821. The molecule has 0 saturated heterocycles. The first kappa shape index (κ1) is 11.4. The predicted octanol–water partition coefficient (Wildman–Crippen LogP) is 1.56. The molecule has 0 radical (unpaired) electrons. The standard InChI is InChI=1S/C11H16N2O2S/c1-2-12-10-5-3-4-6-11(10)16(14,15)13-9-7-8-9/h3-6,9,12-13H,2,7-8H2,1H3. The summed E-state index contributed by atoms with van der Waals surface area (Å²) in [4.78, 5) is 0.337. The van der Waals surface area contributed by atoms with E-state index >= 15 is 0 Å². The van der Waals surface area contributed by atoms with E-state index in [4.69, 9.17) is 0 Å². The van der Waals surface area contributed by atoms with E-state index in [1.807, 2.05) is 13.0 Å². The molecule has 0 aromatic heterocycles. The lowest BCUT2D eigenvalue weighted by Crippen LogP contribution is -2.26. The molecule has 88 valence electrons. The smallest absolute Gasteiger partial charge is 0.242 e. The molecule has 5 heteroatoms. The summed E-state index contributed by atoms with van der Waals surface area (Å²) in [6.07, 6.45) is 1.89. The summed E-state index contributed by atoms with van der Waals surface area (Å²) in [5.41, 5.74) is 0.665. The number of sulfonamides is 1. The van der Waals surface area contributed by atoms with Crippen LogP contribution in [-0.2, 0) is 10.0 Å². The molecule has 0 atom stereocenters. The molecule has 1 aromatic rings. The highest BCUT2D eigenvalue weighted by Gasteiger charge is 2.29. The van der Waals surface area contributed by atoms with Gasteiger partial charge in [0, 0.05) is 12.6 Å². The van der Waals surface area contributed by atoms with Crippen LogP contribution in [0.5, 0.6) is 0 Å². The van der Waals surface area contributed by atoms with Gasteiger partial charge in [-0.1, -0.05) is 12.1 Å². The van der Waals surface area contributed by atoms with Gasteiger partial charge in [0.1, 0.15) is 4.90 Å². The van der Waals surface area contributed by atoms with E-state index in [9.17, 15) is 8.42 Å². The van der Waals surface area contributed by atoms with E-state index < -0.39 is 10.0 Å². The van der Waals surface area contributed by atoms with Crippen LogP contribution in [0.2, 0.25) is 0 Å². The highest BCUT2D eigenvalue weighted by Crippen LogP contribution is 2.25. The minimum absolute atomic E-state index is 0.139. The summed E-state index contributed by atoms with van der Waals surface area (Å²) >= 11 is 0. The highest BCUT2D eigenvalue weighted by atomic mass is 32.2. The zero-order valence-electron chi connectivity index (χ0n) is 9.23. The van der Waals surface area contributed by atoms with Crippen molar-refractivity contribution in [2.45, 2.75) is 30.7 Å². The van der Waals surface area contributed by atoms with Gasteiger partial charge in [-0.3, -0.25) is 0 Å². The first-order chi connectivity index (χ1) is 7.63. The maximum absolute atomic E-state index is 12.0. The Hall–Kier alpha value is -1.07. The van der Waals surface area contributed by atoms with Gasteiger partial charge in [0.25, 0.3) is 0 Å². The predicted molar refractivity (Wildman–Crippen MR) is 63.9 cm³/mol. The number of rotatable bonds is 5. The van der Waals surface area contributed by atoms with Gasteiger partial charge in [-0.05, 0) is 31.9 Å². The van der Waals surface area contributed by atoms with Crippen molar-refractivity contribution in [3.8, 4) is 0 Å². The molecule has 0 bridgehead atoms. The summed E-state index contributed by atoms with van der Waals surface area (Å²) in [5, 5.41) is 3.06. The summed E-state index contributed by atoms with van der Waals surface area (Å²) in [7, 11) is -3.36. The van der Waals surface area contributed by atoms with Crippen molar-refractivity contribution in [2.24, 2.45) is 0 Å². The first-order valence-electron chi connectivity index (χ1n) is 5.48. The second kappa shape index (κ2) is 4.43. The number of nitrogens with one attached hydrogen (secondary N) is 2. The van der Waals surface area contributed by atoms with Crippen LogP contribution < -0.4 is 10.0 Å². The van der Waals surface area contributed by atoms with E-state index in [-0.39, 0.29) is 6.04 Å². The number of para-hydroxylation sites is 1. The third-order valence-electron chi connectivity index (χ3n) is 2.44. The molecule has 1 fully saturated rings. The normalized spacial score (nSPS) is 16.1. The van der Waals surface area contributed by atoms with Gasteiger partial charge < -0.3 is 5.32 Å². The van der Waals surface area contributed by atoms with Crippen LogP contribution in [0.1, 0.15) is 19.8 Å². The summed E-state index contributed by atoms with van der Waals surface area (Å²) < 4.78 is 26.7. The molecule has 0 aliphatic heterocycles. The molecule has 0 amide bonds. The van der Waals surface area contributed by atoms with Crippen molar-refractivity contribution < 1.29 is 8.42 Å². The van der Waals surface area contributed by atoms with Gasteiger partial charge >= 0.3 is 0 Å². The van der Waals surface area contributed by atoms with Gasteiger partial charge in [0.15, 0.2) is 0 Å². The third kappa shape index (κ3) is 2.54. The fraction of sp³-hybridized carbons (Fsp3) is 0.455. The van der Waals surface area contributed by atoms with Crippen molar-refractivity contribution in [1.29, 1.82) is 0 Å². The van der Waals surface area contributed by atoms with Gasteiger partial charge in [-0.15, -0.1) is 0 Å². The van der Waals surface area contributed by atoms with E-state index in [0.29, 0.717) is 17.1 Å². The summed E-state index contributed by atoms with van der Waals surface area (Å²) in [5.74, 6) is 0. The molecule has 16 heavy (non-hydrogen) atoms. The van der Waals surface area contributed by atoms with Crippen LogP contribution >= 0.6 is 0 Å². The van der Waals surface area contributed by atoms with E-state index in [1.165, 1.54) is 0 Å². The van der Waals surface area contributed by atoms with Crippen molar-refractivity contribution in [3.05, 3.63) is 24.3 Å². The molecule has 1 aliphatic carbocycles. The van der Waals surface area contributed by atoms with Crippen LogP contribution in [0.15, 0.2) is 29.2 Å². The fourth-order valence-corrected chi connectivity index (χ4v) is 3.01. The molecule has 4 nitrogen and oxygen atoms in total. The molecule has 1 saturated carbocycles. The first-order valence-corrected chi connectivity index (χ1v) is 6.97. The molecule has 1 aromatic carbocycles. The Kier molecular flexibility index (Phi) is 3.16. The largest absolute Gasteiger partial charge is 0.384 e. The Labute approximate surface area is 96.1 Å². The van der Waals surface area contributed by atoms with Gasteiger partial charge in [0.05, 0.1) is 5.69 Å². The van der Waals surface area contributed by atoms with Gasteiger partial charge in [-0.25, -0.2) is 13.1 Å². The van der Waals surface area contributed by atoms with Crippen molar-refractivity contribution in [2.75, 3.05) is 11.9 Å². The lowest BCUT2D eigenvalue weighted by atomic mass is 10.3. The van der Waals surface area contributed by atoms with Crippen LogP contribution in [0.3, 0.4) is 0 Å². The van der Waals surface area contributed by atoms with Crippen molar-refractivity contribution >= 4 is 15.7 Å². The molecular weight excluding hydrogens is 224 g/mol. The molecule has 0 spiro atoms. The highest BCUT2D eigenvalue weighted by molar-refractivity contribution is 7.89. The van der Waals surface area contributed by atoms with E-state index in [2.05, 4.69) is 10.0 Å². The van der Waals surface area contributed by atoms with Crippen molar-refractivity contribution in [1.82, 2.24) is 4.72 Å².